The molecule has 0 saturated heterocycles. The lowest BCUT2D eigenvalue weighted by atomic mass is 10.1. The summed E-state index contributed by atoms with van der Waals surface area (Å²) in [4.78, 5) is 11.7. The van der Waals surface area contributed by atoms with Crippen molar-refractivity contribution >= 4 is 16.9 Å². The zero-order valence-electron chi connectivity index (χ0n) is 19.6. The smallest absolute Gasteiger partial charge is 0.333 e. The Kier molecular flexibility index (Phi) is 8.55. The number of unbranched alkanes of at least 4 members (excludes halogenated alkanes) is 2. The molecule has 0 spiro atoms. The molecule has 0 aliphatic heterocycles. The van der Waals surface area contributed by atoms with E-state index in [9.17, 15) is 4.79 Å². The normalized spacial score (nSPS) is 12.0. The first-order chi connectivity index (χ1) is 15.5. The summed E-state index contributed by atoms with van der Waals surface area (Å²) in [7, 11) is 0. The van der Waals surface area contributed by atoms with E-state index < -0.39 is 0 Å². The van der Waals surface area contributed by atoms with Gasteiger partial charge in [0.25, 0.3) is 0 Å². The molecule has 2 aromatic carbocycles. The minimum atomic E-state index is -0.344. The molecule has 0 N–H and O–H groups in total. The van der Waals surface area contributed by atoms with Crippen molar-refractivity contribution in [3.05, 3.63) is 66.7 Å². The standard InChI is InChI=1S/C28H35NO3/c1-5-7-11-16-29-26(23-12-9-8-10-13-23)17-24-14-15-25(18-27(24)29)31-19-22(6-2)20-32-28(30)21(3)4/h8-10,12-15,17-18,22H,3,5-7,11,16,19-20H2,1-2,4H3. The SMILES string of the molecule is C=C(C)C(=O)OCC(CC)COc1ccc2cc(-c3ccccc3)n(CCCCC)c2c1. The van der Waals surface area contributed by atoms with Crippen molar-refractivity contribution in [1.82, 2.24) is 4.57 Å². The van der Waals surface area contributed by atoms with E-state index in [1.807, 2.05) is 6.07 Å². The monoisotopic (exact) mass is 433 g/mol. The fraction of sp³-hybridized carbons (Fsp3) is 0.393. The average Bonchev–Trinajstić information content (AvgIpc) is 3.17. The summed E-state index contributed by atoms with van der Waals surface area (Å²) in [5.41, 5.74) is 4.09. The predicted octanol–water partition coefficient (Wildman–Crippen LogP) is 7.02. The van der Waals surface area contributed by atoms with Crippen molar-refractivity contribution < 1.29 is 14.3 Å². The van der Waals surface area contributed by atoms with Gasteiger partial charge >= 0.3 is 5.97 Å². The van der Waals surface area contributed by atoms with Gasteiger partial charge in [0, 0.05) is 35.2 Å². The third kappa shape index (κ3) is 6.03. The van der Waals surface area contributed by atoms with Crippen LogP contribution in [-0.4, -0.2) is 23.8 Å². The first-order valence-electron chi connectivity index (χ1n) is 11.7. The van der Waals surface area contributed by atoms with Crippen LogP contribution >= 0.6 is 0 Å². The van der Waals surface area contributed by atoms with E-state index in [0.29, 0.717) is 18.8 Å². The van der Waals surface area contributed by atoms with E-state index in [0.717, 1.165) is 25.1 Å². The molecule has 0 amide bonds. The Bertz CT molecular complexity index is 1040. The average molecular weight is 434 g/mol. The van der Waals surface area contributed by atoms with Gasteiger partial charge in [-0.25, -0.2) is 4.79 Å². The molecular weight excluding hydrogens is 398 g/mol. The Morgan fingerprint density at radius 3 is 2.50 bits per heavy atom. The summed E-state index contributed by atoms with van der Waals surface area (Å²) < 4.78 is 13.9. The largest absolute Gasteiger partial charge is 0.493 e. The first-order valence-corrected chi connectivity index (χ1v) is 11.7. The third-order valence-electron chi connectivity index (χ3n) is 5.79. The van der Waals surface area contributed by atoms with Crippen molar-refractivity contribution in [2.45, 2.75) is 53.0 Å². The molecular formula is C28H35NO3. The van der Waals surface area contributed by atoms with Crippen LogP contribution in [0.3, 0.4) is 0 Å². The van der Waals surface area contributed by atoms with E-state index in [4.69, 9.17) is 9.47 Å². The second-order valence-electron chi connectivity index (χ2n) is 8.44. The Morgan fingerprint density at radius 2 is 1.81 bits per heavy atom. The molecule has 3 aromatic rings. The minimum Gasteiger partial charge on any atom is -0.493 e. The van der Waals surface area contributed by atoms with Crippen LogP contribution < -0.4 is 4.74 Å². The number of ether oxygens (including phenoxy) is 2. The Labute approximate surface area is 191 Å². The highest BCUT2D eigenvalue weighted by Crippen LogP contribution is 2.31. The maximum Gasteiger partial charge on any atom is 0.333 e. The maximum atomic E-state index is 11.7. The van der Waals surface area contributed by atoms with Crippen LogP contribution in [0.15, 0.2) is 66.7 Å². The fourth-order valence-corrected chi connectivity index (χ4v) is 3.75. The van der Waals surface area contributed by atoms with Gasteiger partial charge in [0.15, 0.2) is 0 Å². The summed E-state index contributed by atoms with van der Waals surface area (Å²) in [6, 6.07) is 19.1. The number of nitrogens with zero attached hydrogens (tertiary/aromatic N) is 1. The van der Waals surface area contributed by atoms with Crippen molar-refractivity contribution in [2.75, 3.05) is 13.2 Å². The summed E-state index contributed by atoms with van der Waals surface area (Å²) >= 11 is 0. The lowest BCUT2D eigenvalue weighted by molar-refractivity contribution is -0.140. The summed E-state index contributed by atoms with van der Waals surface area (Å²) in [5, 5.41) is 1.22. The van der Waals surface area contributed by atoms with Crippen LogP contribution in [0.4, 0.5) is 0 Å². The number of aromatic nitrogens is 1. The first kappa shape index (κ1) is 23.6. The van der Waals surface area contributed by atoms with Crippen molar-refractivity contribution in [1.29, 1.82) is 0 Å². The molecule has 170 valence electrons. The lowest BCUT2D eigenvalue weighted by Gasteiger charge is -2.17. The van der Waals surface area contributed by atoms with Crippen LogP contribution in [0.5, 0.6) is 5.75 Å². The van der Waals surface area contributed by atoms with Gasteiger partial charge in [-0.05, 0) is 43.5 Å². The van der Waals surface area contributed by atoms with Gasteiger partial charge in [-0.3, -0.25) is 0 Å². The van der Waals surface area contributed by atoms with Crippen LogP contribution in [0, 0.1) is 5.92 Å². The number of aryl methyl sites for hydroxylation is 1. The van der Waals surface area contributed by atoms with E-state index in [-0.39, 0.29) is 11.9 Å². The molecule has 32 heavy (non-hydrogen) atoms. The molecule has 0 aliphatic rings. The lowest BCUT2D eigenvalue weighted by Crippen LogP contribution is -2.20. The molecule has 1 aromatic heterocycles. The zero-order valence-corrected chi connectivity index (χ0v) is 19.6. The Hall–Kier alpha value is -3.01. The molecule has 3 rings (SSSR count). The predicted molar refractivity (Wildman–Crippen MR) is 132 cm³/mol. The van der Waals surface area contributed by atoms with Crippen molar-refractivity contribution in [3.63, 3.8) is 0 Å². The number of carbonyl (C=O) groups is 1. The molecule has 0 bridgehead atoms. The number of benzene rings is 2. The molecule has 1 unspecified atom stereocenters. The molecule has 0 fully saturated rings. The minimum absolute atomic E-state index is 0.144. The topological polar surface area (TPSA) is 40.5 Å². The van der Waals surface area contributed by atoms with E-state index in [1.54, 1.807) is 6.92 Å². The zero-order chi connectivity index (χ0) is 22.9. The van der Waals surface area contributed by atoms with Gasteiger partial charge in [0.05, 0.1) is 18.7 Å². The fourth-order valence-electron chi connectivity index (χ4n) is 3.75. The second kappa shape index (κ2) is 11.6. The quantitative estimate of drug-likeness (QED) is 0.175. The van der Waals surface area contributed by atoms with Gasteiger partial charge < -0.3 is 14.0 Å². The van der Waals surface area contributed by atoms with Gasteiger partial charge in [-0.2, -0.15) is 0 Å². The van der Waals surface area contributed by atoms with Crippen LogP contribution in [0.1, 0.15) is 46.5 Å². The molecule has 0 saturated carbocycles. The molecule has 4 heteroatoms. The maximum absolute atomic E-state index is 11.7. The summed E-state index contributed by atoms with van der Waals surface area (Å²) in [6.07, 6.45) is 4.43. The van der Waals surface area contributed by atoms with Gasteiger partial charge in [-0.1, -0.05) is 63.6 Å². The van der Waals surface area contributed by atoms with E-state index >= 15 is 0 Å². The molecule has 0 radical (unpaired) electrons. The van der Waals surface area contributed by atoms with E-state index in [1.165, 1.54) is 35.0 Å². The second-order valence-corrected chi connectivity index (χ2v) is 8.44. The molecule has 1 atom stereocenters. The number of hydrogen-bond acceptors (Lipinski definition) is 3. The highest BCUT2D eigenvalue weighted by Gasteiger charge is 2.14. The number of carbonyl (C=O) groups excluding carboxylic acids is 1. The summed E-state index contributed by atoms with van der Waals surface area (Å²) in [5.74, 6) is 0.644. The Balaban J connectivity index is 1.79. The highest BCUT2D eigenvalue weighted by atomic mass is 16.5. The van der Waals surface area contributed by atoms with Crippen LogP contribution in [0.25, 0.3) is 22.2 Å². The van der Waals surface area contributed by atoms with Crippen molar-refractivity contribution in [2.24, 2.45) is 5.92 Å². The van der Waals surface area contributed by atoms with Crippen LogP contribution in [-0.2, 0) is 16.1 Å². The van der Waals surface area contributed by atoms with Crippen LogP contribution in [0.2, 0.25) is 0 Å². The highest BCUT2D eigenvalue weighted by molar-refractivity contribution is 5.88. The third-order valence-corrected chi connectivity index (χ3v) is 5.79. The summed E-state index contributed by atoms with van der Waals surface area (Å²) in [6.45, 7) is 11.4. The molecule has 4 nitrogen and oxygen atoms in total. The van der Waals surface area contributed by atoms with Gasteiger partial charge in [-0.15, -0.1) is 0 Å². The number of esters is 1. The number of rotatable bonds is 12. The Morgan fingerprint density at radius 1 is 1.03 bits per heavy atom. The molecule has 1 heterocycles. The number of hydrogen-bond donors (Lipinski definition) is 0. The van der Waals surface area contributed by atoms with Gasteiger partial charge in [0.1, 0.15) is 5.75 Å². The number of fused-ring (bicyclic) bond motifs is 1. The molecule has 0 aliphatic carbocycles. The van der Waals surface area contributed by atoms with Gasteiger partial charge in [0.2, 0.25) is 0 Å². The van der Waals surface area contributed by atoms with E-state index in [2.05, 4.69) is 73.5 Å². The van der Waals surface area contributed by atoms with Crippen molar-refractivity contribution in [3.8, 4) is 17.0 Å².